The Morgan fingerprint density at radius 1 is 1.33 bits per heavy atom. The maximum absolute atomic E-state index is 5.58. The Bertz CT molecular complexity index is 518. The summed E-state index contributed by atoms with van der Waals surface area (Å²) in [5, 5.41) is 6.64. The lowest BCUT2D eigenvalue weighted by molar-refractivity contribution is 0.369. The number of anilines is 1. The summed E-state index contributed by atoms with van der Waals surface area (Å²) in [6.45, 7) is 0. The summed E-state index contributed by atoms with van der Waals surface area (Å²) in [6.07, 6.45) is 6.30. The van der Waals surface area contributed by atoms with Gasteiger partial charge in [-0.25, -0.2) is 4.98 Å². The van der Waals surface area contributed by atoms with E-state index in [0.717, 1.165) is 49.0 Å². The van der Waals surface area contributed by atoms with Gasteiger partial charge in [0.05, 0.1) is 5.69 Å². The molecule has 2 N–H and O–H groups in total. The molecule has 0 unspecified atom stereocenters. The molecule has 6 heteroatoms. The number of nitrogen functional groups attached to an aromatic ring is 1. The van der Waals surface area contributed by atoms with Crippen LogP contribution < -0.4 is 5.73 Å². The quantitative estimate of drug-likeness (QED) is 0.865. The highest BCUT2D eigenvalue weighted by Crippen LogP contribution is 2.31. The van der Waals surface area contributed by atoms with Crippen molar-refractivity contribution in [1.29, 1.82) is 0 Å². The molecule has 3 rings (SSSR count). The maximum atomic E-state index is 5.58. The molecule has 0 atom stereocenters. The van der Waals surface area contributed by atoms with Crippen LogP contribution >= 0.6 is 11.3 Å². The zero-order valence-corrected chi connectivity index (χ0v) is 10.9. The molecule has 1 aliphatic rings. The fourth-order valence-corrected chi connectivity index (χ4v) is 2.51. The van der Waals surface area contributed by atoms with Crippen LogP contribution in [0.5, 0.6) is 0 Å². The Labute approximate surface area is 109 Å². The standard InChI is InChI=1S/C12H16N4OS/c13-12-14-9(7-18-12)2-1-3-11-15-10(16-17-11)6-8-4-5-8/h7-8H,1-6H2,(H2,13,14). The first kappa shape index (κ1) is 11.6. The van der Waals surface area contributed by atoms with Crippen molar-refractivity contribution in [3.63, 3.8) is 0 Å². The summed E-state index contributed by atoms with van der Waals surface area (Å²) >= 11 is 1.48. The second-order valence-corrected chi connectivity index (χ2v) is 5.67. The zero-order valence-electron chi connectivity index (χ0n) is 10.1. The third-order valence-corrected chi connectivity index (χ3v) is 3.79. The second-order valence-electron chi connectivity index (χ2n) is 4.78. The summed E-state index contributed by atoms with van der Waals surface area (Å²) in [5.41, 5.74) is 6.63. The summed E-state index contributed by atoms with van der Waals surface area (Å²) < 4.78 is 5.23. The fraction of sp³-hybridized carbons (Fsp3) is 0.583. The molecular weight excluding hydrogens is 248 g/mol. The third kappa shape index (κ3) is 3.07. The smallest absolute Gasteiger partial charge is 0.226 e. The molecule has 1 aliphatic carbocycles. The number of aromatic nitrogens is 3. The SMILES string of the molecule is Nc1nc(CCCc2nc(CC3CC3)no2)cs1. The van der Waals surface area contributed by atoms with Gasteiger partial charge in [0.15, 0.2) is 11.0 Å². The Balaban J connectivity index is 1.45. The summed E-state index contributed by atoms with van der Waals surface area (Å²) in [4.78, 5) is 8.63. The Kier molecular flexibility index (Phi) is 3.27. The van der Waals surface area contributed by atoms with Crippen molar-refractivity contribution >= 4 is 16.5 Å². The average molecular weight is 264 g/mol. The number of hydrogen-bond donors (Lipinski definition) is 1. The molecule has 5 nitrogen and oxygen atoms in total. The lowest BCUT2D eigenvalue weighted by Crippen LogP contribution is -1.93. The third-order valence-electron chi connectivity index (χ3n) is 3.07. The molecule has 0 saturated heterocycles. The van der Waals surface area contributed by atoms with Crippen molar-refractivity contribution in [1.82, 2.24) is 15.1 Å². The second kappa shape index (κ2) is 5.06. The van der Waals surface area contributed by atoms with E-state index in [1.807, 2.05) is 5.38 Å². The highest BCUT2D eigenvalue weighted by atomic mass is 32.1. The molecular formula is C12H16N4OS. The van der Waals surface area contributed by atoms with Crippen molar-refractivity contribution in [2.45, 2.75) is 38.5 Å². The molecule has 0 radical (unpaired) electrons. The first-order valence-electron chi connectivity index (χ1n) is 6.31. The molecule has 1 saturated carbocycles. The Morgan fingerprint density at radius 3 is 2.94 bits per heavy atom. The zero-order chi connectivity index (χ0) is 12.4. The van der Waals surface area contributed by atoms with Crippen LogP contribution in [-0.4, -0.2) is 15.1 Å². The molecule has 1 fully saturated rings. The van der Waals surface area contributed by atoms with Crippen molar-refractivity contribution in [3.05, 3.63) is 22.8 Å². The highest BCUT2D eigenvalue weighted by Gasteiger charge is 2.23. The first-order chi connectivity index (χ1) is 8.79. The molecule has 18 heavy (non-hydrogen) atoms. The normalized spacial score (nSPS) is 15.1. The molecule has 96 valence electrons. The van der Waals surface area contributed by atoms with E-state index < -0.39 is 0 Å². The lowest BCUT2D eigenvalue weighted by Gasteiger charge is -1.93. The predicted octanol–water partition coefficient (Wildman–Crippen LogP) is 2.24. The monoisotopic (exact) mass is 264 g/mol. The summed E-state index contributed by atoms with van der Waals surface area (Å²) in [5.74, 6) is 2.41. The molecule has 0 spiro atoms. The maximum Gasteiger partial charge on any atom is 0.226 e. The van der Waals surface area contributed by atoms with Gasteiger partial charge in [0.2, 0.25) is 5.89 Å². The van der Waals surface area contributed by atoms with Crippen LogP contribution in [0.2, 0.25) is 0 Å². The molecule has 0 aliphatic heterocycles. The van der Waals surface area contributed by atoms with Gasteiger partial charge in [0.1, 0.15) is 0 Å². The topological polar surface area (TPSA) is 77.8 Å². The van der Waals surface area contributed by atoms with E-state index in [4.69, 9.17) is 10.3 Å². The summed E-state index contributed by atoms with van der Waals surface area (Å²) in [7, 11) is 0. The van der Waals surface area contributed by atoms with E-state index in [0.29, 0.717) is 5.13 Å². The summed E-state index contributed by atoms with van der Waals surface area (Å²) in [6, 6.07) is 0. The average Bonchev–Trinajstić information content (AvgIpc) is 2.88. The first-order valence-corrected chi connectivity index (χ1v) is 7.19. The van der Waals surface area contributed by atoms with Gasteiger partial charge in [-0.3, -0.25) is 0 Å². The van der Waals surface area contributed by atoms with Crippen LogP contribution in [0.1, 0.15) is 36.7 Å². The van der Waals surface area contributed by atoms with Gasteiger partial charge in [-0.15, -0.1) is 11.3 Å². The number of thiazole rings is 1. The largest absolute Gasteiger partial charge is 0.375 e. The van der Waals surface area contributed by atoms with E-state index in [2.05, 4.69) is 15.1 Å². The van der Waals surface area contributed by atoms with E-state index in [1.165, 1.54) is 24.2 Å². The van der Waals surface area contributed by atoms with Gasteiger partial charge in [0, 0.05) is 18.2 Å². The number of rotatable bonds is 6. The molecule has 0 aromatic carbocycles. The van der Waals surface area contributed by atoms with E-state index >= 15 is 0 Å². The number of nitrogens with zero attached hydrogens (tertiary/aromatic N) is 3. The molecule has 0 bridgehead atoms. The highest BCUT2D eigenvalue weighted by molar-refractivity contribution is 7.13. The minimum Gasteiger partial charge on any atom is -0.375 e. The van der Waals surface area contributed by atoms with Crippen LogP contribution in [0.15, 0.2) is 9.90 Å². The predicted molar refractivity (Wildman–Crippen MR) is 69.3 cm³/mol. The van der Waals surface area contributed by atoms with Crippen molar-refractivity contribution in [2.24, 2.45) is 5.92 Å². The minimum atomic E-state index is 0.634. The van der Waals surface area contributed by atoms with Gasteiger partial charge in [-0.05, 0) is 31.6 Å². The van der Waals surface area contributed by atoms with Gasteiger partial charge in [-0.1, -0.05) is 5.16 Å². The number of hydrogen-bond acceptors (Lipinski definition) is 6. The van der Waals surface area contributed by atoms with Crippen LogP contribution in [-0.2, 0) is 19.3 Å². The number of nitrogens with two attached hydrogens (primary N) is 1. The Morgan fingerprint density at radius 2 is 2.22 bits per heavy atom. The van der Waals surface area contributed by atoms with Crippen LogP contribution in [0.4, 0.5) is 5.13 Å². The van der Waals surface area contributed by atoms with E-state index in [-0.39, 0.29) is 0 Å². The lowest BCUT2D eigenvalue weighted by atomic mass is 10.2. The van der Waals surface area contributed by atoms with Crippen molar-refractivity contribution in [2.75, 3.05) is 5.73 Å². The molecule has 2 aromatic heterocycles. The van der Waals surface area contributed by atoms with Gasteiger partial charge in [0.25, 0.3) is 0 Å². The molecule has 2 heterocycles. The number of aryl methyl sites for hydroxylation is 2. The van der Waals surface area contributed by atoms with Crippen molar-refractivity contribution < 1.29 is 4.52 Å². The van der Waals surface area contributed by atoms with Crippen molar-refractivity contribution in [3.8, 4) is 0 Å². The van der Waals surface area contributed by atoms with Gasteiger partial charge < -0.3 is 10.3 Å². The van der Waals surface area contributed by atoms with Gasteiger partial charge >= 0.3 is 0 Å². The van der Waals surface area contributed by atoms with Gasteiger partial charge in [-0.2, -0.15) is 4.98 Å². The van der Waals surface area contributed by atoms with Crippen LogP contribution in [0.25, 0.3) is 0 Å². The molecule has 0 amide bonds. The Hall–Kier alpha value is -1.43. The van der Waals surface area contributed by atoms with E-state index in [1.54, 1.807) is 0 Å². The molecule has 2 aromatic rings. The minimum absolute atomic E-state index is 0.634. The van der Waals surface area contributed by atoms with Crippen LogP contribution in [0.3, 0.4) is 0 Å². The fourth-order valence-electron chi connectivity index (χ4n) is 1.91. The van der Waals surface area contributed by atoms with Crippen LogP contribution in [0, 0.1) is 5.92 Å². The van der Waals surface area contributed by atoms with E-state index in [9.17, 15) is 0 Å².